The minimum Gasteiger partial charge on any atom is -0.265 e. The van der Waals surface area contributed by atoms with Gasteiger partial charge >= 0.3 is 6.18 Å². The lowest BCUT2D eigenvalue weighted by Gasteiger charge is -2.08. The van der Waals surface area contributed by atoms with Crippen LogP contribution in [0.4, 0.5) is 13.2 Å². The summed E-state index contributed by atoms with van der Waals surface area (Å²) in [7, 11) is 0. The van der Waals surface area contributed by atoms with Gasteiger partial charge in [-0.1, -0.05) is 12.1 Å². The molecule has 0 aliphatic heterocycles. The first-order valence-electron chi connectivity index (χ1n) is 5.11. The van der Waals surface area contributed by atoms with E-state index in [1.165, 1.54) is 12.1 Å². The molecule has 0 bridgehead atoms. The van der Waals surface area contributed by atoms with E-state index in [-0.39, 0.29) is 0 Å². The van der Waals surface area contributed by atoms with Crippen LogP contribution >= 0.6 is 0 Å². The maximum Gasteiger partial charge on any atom is 0.416 e. The summed E-state index contributed by atoms with van der Waals surface area (Å²) < 4.78 is 38.8. The summed E-state index contributed by atoms with van der Waals surface area (Å²) in [5.74, 6) is 0. The van der Waals surface area contributed by atoms with Crippen LogP contribution in [0.3, 0.4) is 0 Å². The maximum absolute atomic E-state index is 12.3. The number of hydrogen-bond acceptors (Lipinski definition) is 1. The van der Waals surface area contributed by atoms with Crippen LogP contribution in [0.2, 0.25) is 0 Å². The Hall–Kier alpha value is -1.78. The molecule has 0 saturated carbocycles. The minimum absolute atomic E-state index is 0.483. The third kappa shape index (κ3) is 2.67. The molecule has 2 rings (SSSR count). The highest BCUT2D eigenvalue weighted by Crippen LogP contribution is 2.29. The summed E-state index contributed by atoms with van der Waals surface area (Å²) >= 11 is 0. The Labute approximate surface area is 96.7 Å². The molecule has 0 amide bonds. The molecule has 0 aliphatic carbocycles. The van der Waals surface area contributed by atoms with Crippen LogP contribution in [0.25, 0.3) is 0 Å². The highest BCUT2D eigenvalue weighted by molar-refractivity contribution is 5.24. The minimum atomic E-state index is -4.28. The topological polar surface area (TPSA) is 17.8 Å². The van der Waals surface area contributed by atoms with Gasteiger partial charge in [0.15, 0.2) is 0 Å². The number of aryl methyl sites for hydroxylation is 1. The summed E-state index contributed by atoms with van der Waals surface area (Å²) in [4.78, 5) is 0. The molecule has 0 unspecified atom stereocenters. The number of benzene rings is 1. The fourth-order valence-electron chi connectivity index (χ4n) is 1.54. The average molecular weight is 240 g/mol. The highest BCUT2D eigenvalue weighted by Gasteiger charge is 2.29. The van der Waals surface area contributed by atoms with E-state index in [0.717, 1.165) is 23.4 Å². The Morgan fingerprint density at radius 2 is 1.76 bits per heavy atom. The number of rotatable bonds is 2. The van der Waals surface area contributed by atoms with Gasteiger partial charge in [-0.25, -0.2) is 0 Å². The summed E-state index contributed by atoms with van der Waals surface area (Å²) in [6, 6.07) is 6.99. The first-order chi connectivity index (χ1) is 7.97. The van der Waals surface area contributed by atoms with E-state index in [4.69, 9.17) is 0 Å². The number of hydrogen-bond donors (Lipinski definition) is 0. The van der Waals surface area contributed by atoms with Crippen molar-refractivity contribution in [3.63, 3.8) is 0 Å². The van der Waals surface area contributed by atoms with E-state index in [1.54, 1.807) is 10.9 Å². The van der Waals surface area contributed by atoms with Crippen molar-refractivity contribution in [3.8, 4) is 0 Å². The van der Waals surface area contributed by atoms with Crippen LogP contribution in [0, 0.1) is 6.92 Å². The Morgan fingerprint density at radius 1 is 1.12 bits per heavy atom. The molecule has 0 aliphatic rings. The van der Waals surface area contributed by atoms with Crippen molar-refractivity contribution in [3.05, 3.63) is 53.3 Å². The molecule has 0 N–H and O–H groups in total. The molecule has 2 nitrogen and oxygen atoms in total. The fraction of sp³-hybridized carbons (Fsp3) is 0.250. The second-order valence-corrected chi connectivity index (χ2v) is 3.82. The van der Waals surface area contributed by atoms with Crippen molar-refractivity contribution in [2.75, 3.05) is 0 Å². The Morgan fingerprint density at radius 3 is 2.24 bits per heavy atom. The molecule has 17 heavy (non-hydrogen) atoms. The molecule has 0 saturated heterocycles. The van der Waals surface area contributed by atoms with Crippen molar-refractivity contribution < 1.29 is 13.2 Å². The van der Waals surface area contributed by atoms with Crippen LogP contribution in [0.15, 0.2) is 36.5 Å². The smallest absolute Gasteiger partial charge is 0.265 e. The average Bonchev–Trinajstić information content (AvgIpc) is 2.64. The number of aromatic nitrogens is 2. The van der Waals surface area contributed by atoms with E-state index in [2.05, 4.69) is 5.10 Å². The molecule has 0 radical (unpaired) electrons. The summed E-state index contributed by atoms with van der Waals surface area (Å²) in [5, 5.41) is 4.08. The zero-order valence-corrected chi connectivity index (χ0v) is 9.20. The predicted octanol–water partition coefficient (Wildman–Crippen LogP) is 3.26. The van der Waals surface area contributed by atoms with Gasteiger partial charge in [-0.05, 0) is 30.7 Å². The molecule has 90 valence electrons. The van der Waals surface area contributed by atoms with Gasteiger partial charge in [-0.3, -0.25) is 4.68 Å². The molecule has 1 aromatic heterocycles. The lowest BCUT2D eigenvalue weighted by atomic mass is 10.1. The molecule has 1 heterocycles. The van der Waals surface area contributed by atoms with E-state index >= 15 is 0 Å². The van der Waals surface area contributed by atoms with Gasteiger partial charge in [-0.2, -0.15) is 18.3 Å². The molecule has 2 aromatic rings. The zero-order chi connectivity index (χ0) is 12.5. The fourth-order valence-corrected chi connectivity index (χ4v) is 1.54. The third-order valence-electron chi connectivity index (χ3n) is 2.54. The summed E-state index contributed by atoms with van der Waals surface area (Å²) in [6.45, 7) is 2.38. The van der Waals surface area contributed by atoms with Crippen LogP contribution in [0.5, 0.6) is 0 Å². The number of nitrogens with zero attached hydrogens (tertiary/aromatic N) is 2. The van der Waals surface area contributed by atoms with Gasteiger partial charge in [0.25, 0.3) is 0 Å². The van der Waals surface area contributed by atoms with Crippen LogP contribution in [-0.2, 0) is 12.7 Å². The molecule has 0 atom stereocenters. The zero-order valence-electron chi connectivity index (χ0n) is 9.20. The van der Waals surface area contributed by atoms with Crippen molar-refractivity contribution in [1.29, 1.82) is 0 Å². The number of alkyl halides is 3. The van der Waals surface area contributed by atoms with Crippen molar-refractivity contribution in [1.82, 2.24) is 9.78 Å². The molecule has 5 heteroatoms. The third-order valence-corrected chi connectivity index (χ3v) is 2.54. The van der Waals surface area contributed by atoms with E-state index in [9.17, 15) is 13.2 Å². The van der Waals surface area contributed by atoms with Gasteiger partial charge in [0.05, 0.1) is 12.1 Å². The lowest BCUT2D eigenvalue weighted by molar-refractivity contribution is -0.137. The summed E-state index contributed by atoms with van der Waals surface area (Å²) in [5.41, 5.74) is 1.15. The first-order valence-corrected chi connectivity index (χ1v) is 5.11. The second-order valence-electron chi connectivity index (χ2n) is 3.82. The number of halogens is 3. The van der Waals surface area contributed by atoms with Gasteiger partial charge < -0.3 is 0 Å². The van der Waals surface area contributed by atoms with Crippen molar-refractivity contribution in [2.45, 2.75) is 19.6 Å². The Kier molecular flexibility index (Phi) is 2.92. The van der Waals surface area contributed by atoms with E-state index < -0.39 is 11.7 Å². The standard InChI is InChI=1S/C12H11F3N2/c1-9-6-7-16-17(9)8-10-2-4-11(5-3-10)12(13,14)15/h2-7H,8H2,1H3. The highest BCUT2D eigenvalue weighted by atomic mass is 19.4. The molecular weight excluding hydrogens is 229 g/mol. The van der Waals surface area contributed by atoms with Gasteiger partial charge in [0, 0.05) is 11.9 Å². The van der Waals surface area contributed by atoms with Crippen LogP contribution < -0.4 is 0 Å². The maximum atomic E-state index is 12.3. The van der Waals surface area contributed by atoms with Gasteiger partial charge in [0.2, 0.25) is 0 Å². The normalized spacial score (nSPS) is 11.8. The van der Waals surface area contributed by atoms with E-state index in [1.807, 2.05) is 13.0 Å². The van der Waals surface area contributed by atoms with Crippen LogP contribution in [0.1, 0.15) is 16.8 Å². The largest absolute Gasteiger partial charge is 0.416 e. The predicted molar refractivity (Wildman–Crippen MR) is 57.5 cm³/mol. The van der Waals surface area contributed by atoms with Gasteiger partial charge in [0.1, 0.15) is 0 Å². The van der Waals surface area contributed by atoms with E-state index in [0.29, 0.717) is 6.54 Å². The first kappa shape index (κ1) is 11.7. The van der Waals surface area contributed by atoms with Crippen molar-refractivity contribution >= 4 is 0 Å². The quantitative estimate of drug-likeness (QED) is 0.787. The summed E-state index contributed by atoms with van der Waals surface area (Å²) in [6.07, 6.45) is -2.61. The van der Waals surface area contributed by atoms with Gasteiger partial charge in [-0.15, -0.1) is 0 Å². The Balaban J connectivity index is 2.17. The lowest BCUT2D eigenvalue weighted by Crippen LogP contribution is -2.06. The van der Waals surface area contributed by atoms with Crippen LogP contribution in [-0.4, -0.2) is 9.78 Å². The molecular formula is C12H11F3N2. The van der Waals surface area contributed by atoms with Crippen molar-refractivity contribution in [2.24, 2.45) is 0 Å². The molecule has 0 fully saturated rings. The SMILES string of the molecule is Cc1ccnn1Cc1ccc(C(F)(F)F)cc1. The Bertz CT molecular complexity index is 497. The molecule has 1 aromatic carbocycles. The second kappa shape index (κ2) is 4.24. The molecule has 0 spiro atoms. The monoisotopic (exact) mass is 240 g/mol.